The number of pyridine rings is 6. The molecule has 0 bridgehead atoms. The molecule has 6 nitrogen and oxygen atoms in total. The normalized spacial score (nSPS) is 7.58. The summed E-state index contributed by atoms with van der Waals surface area (Å²) in [6, 6.07) is 55.0. The van der Waals surface area contributed by atoms with E-state index in [1.54, 1.807) is 48.3 Å². The van der Waals surface area contributed by atoms with Crippen LogP contribution in [0.15, 0.2) is 181 Å². The minimum Gasteiger partial charge on any atom is -0.372 e. The summed E-state index contributed by atoms with van der Waals surface area (Å²) in [6.45, 7) is 93.2. The molecule has 7 radical (unpaired) electrons. The van der Waals surface area contributed by atoms with Gasteiger partial charge in [-0.25, -0.2) is 54.6 Å². The molecule has 0 amide bonds. The SMILES string of the molecule is CC.CC.CC.CC.CC.CC.CC.CC.CC.CC.CC.CC.CC.CC.[CH-]=Cc1[c-]cc2ccncc2c1.[CH-]=Cc1[c-]cc2cnccc2c1.[CH-]=Cc1[c-]cc2ncccc2c1.[CH-]=Cc1[c-]ccs1.[CH-]=Cc1[c-]nc2c(ccc3cccnc32)c1.[CH-]=Cc1[c-]nc2ccccc2c1.[CH-]=Cc1[c-]scc1.[Y].[Y].[Y].[Y].[Y].[Y].[Y]. The maximum atomic E-state index is 5.44. The molecule has 0 aliphatic rings. The van der Waals surface area contributed by atoms with E-state index in [1.807, 2.05) is 350 Å². The van der Waals surface area contributed by atoms with Crippen molar-refractivity contribution in [1.29, 1.82) is 0 Å². The maximum absolute atomic E-state index is 5.44. The summed E-state index contributed by atoms with van der Waals surface area (Å²) in [7, 11) is 0. The van der Waals surface area contributed by atoms with E-state index in [1.165, 1.54) is 41.7 Å². The molecule has 0 aliphatic carbocycles. The summed E-state index contributed by atoms with van der Waals surface area (Å²) in [5.41, 5.74) is 8.97. The number of fused-ring (bicyclic) bond motifs is 7. The molecule has 5 aromatic carbocycles. The van der Waals surface area contributed by atoms with Gasteiger partial charge in [0, 0.05) is 265 Å². The molecule has 8 aromatic heterocycles. The Hall–Kier alpha value is -2.13. The molecule has 15 heteroatoms. The fourth-order valence-electron chi connectivity index (χ4n) is 6.99. The molecule has 597 valence electrons. The van der Waals surface area contributed by atoms with Gasteiger partial charge in [0.1, 0.15) is 0 Å². The smallest absolute Gasteiger partial charge is 0.0543 e. The first kappa shape index (κ1) is 146. The summed E-state index contributed by atoms with van der Waals surface area (Å²) >= 11 is 3.11. The Morgan fingerprint density at radius 2 is 0.681 bits per heavy atom. The molecule has 0 aliphatic heterocycles. The minimum absolute atomic E-state index is 0. The van der Waals surface area contributed by atoms with Crippen LogP contribution in [-0.2, 0) is 229 Å². The second-order valence-corrected chi connectivity index (χ2v) is 17.7. The van der Waals surface area contributed by atoms with Gasteiger partial charge in [-0.1, -0.05) is 276 Å². The van der Waals surface area contributed by atoms with Crippen LogP contribution in [0.3, 0.4) is 0 Å². The van der Waals surface area contributed by atoms with Crippen LogP contribution < -0.4 is 0 Å². The third-order valence-corrected chi connectivity index (χ3v) is 12.3. The fourth-order valence-corrected chi connectivity index (χ4v) is 8.04. The Labute approximate surface area is 877 Å². The molecule has 0 fully saturated rings. The van der Waals surface area contributed by atoms with Crippen molar-refractivity contribution in [2.75, 3.05) is 0 Å². The van der Waals surface area contributed by atoms with Crippen LogP contribution >= 0.6 is 22.7 Å². The predicted octanol–water partition coefficient (Wildman–Crippen LogP) is 31.3. The number of rotatable bonds is 7. The van der Waals surface area contributed by atoms with Gasteiger partial charge in [0.25, 0.3) is 0 Å². The molecule has 0 saturated heterocycles. The molecule has 0 atom stereocenters. The Kier molecular flexibility index (Phi) is 147. The fraction of sp³-hybridized carbons (Fsp3) is 0.286. The van der Waals surface area contributed by atoms with E-state index in [0.717, 1.165) is 103 Å². The Morgan fingerprint density at radius 3 is 1.13 bits per heavy atom. The van der Waals surface area contributed by atoms with E-state index in [2.05, 4.69) is 71.9 Å². The van der Waals surface area contributed by atoms with Crippen LogP contribution in [-0.4, -0.2) is 29.9 Å². The van der Waals surface area contributed by atoms with Gasteiger partial charge in [-0.05, 0) is 34.7 Å². The van der Waals surface area contributed by atoms with Crippen LogP contribution in [0.1, 0.15) is 232 Å². The molecule has 0 N–H and O–H groups in total. The zero-order valence-corrected chi connectivity index (χ0v) is 95.4. The monoisotopic (exact) mass is 2080 g/mol. The number of nitrogens with zero attached hydrogens (tertiary/aromatic N) is 6. The first-order valence-corrected chi connectivity index (χ1v) is 39.5. The molecule has 113 heavy (non-hydrogen) atoms. The number of aromatic nitrogens is 6. The molecule has 0 unspecified atom stereocenters. The van der Waals surface area contributed by atoms with Crippen molar-refractivity contribution < 1.29 is 229 Å². The summed E-state index contributed by atoms with van der Waals surface area (Å²) in [5, 5.41) is 15.6. The average molecular weight is 2080 g/mol. The van der Waals surface area contributed by atoms with Gasteiger partial charge in [0.2, 0.25) is 0 Å². The number of hydrogen-bond acceptors (Lipinski definition) is 8. The topological polar surface area (TPSA) is 77.3 Å². The van der Waals surface area contributed by atoms with Crippen molar-refractivity contribution >= 4 is 130 Å². The molecule has 0 spiro atoms. The standard InChI is InChI=1S/C14H8N2.4C11H7N.2C6H4S.14C2H6.7Y/c1-2-10-8-12-6-5-11-4-3-7-15-13(11)14(12)16-9-10;1-2-9-3-4-11-8-12-6-5-10(11)7-9;1-2-9-3-4-10-5-6-12-8-11(10)7-9;1-2-9-5-6-11-10(8-9)4-3-7-12-11;1-2-9-7-10-5-3-4-6-11(10)12-8-9;1-2-6-3-4-7-5-6;1-2-6-4-3-5-7-6;14*1-2;;;;;;;/h1-8H;2*1-2,4-8H;1-4,6-8H;1-7H;1-4H;1-3,5H;14*1-2H3;;;;;;;/q7*-2;;;;;;;;;;;;;;;;;;;;;. The Balaban J connectivity index is -0.0000000723. The molecular formula is C98H128N6S2Y7-14. The van der Waals surface area contributed by atoms with Crippen molar-refractivity contribution in [2.24, 2.45) is 0 Å². The molecule has 0 saturated carbocycles. The third-order valence-electron chi connectivity index (χ3n) is 10.9. The average Bonchev–Trinajstić information content (AvgIpc) is 0.838. The van der Waals surface area contributed by atoms with E-state index >= 15 is 0 Å². The number of hydrogen-bond donors (Lipinski definition) is 0. The summed E-state index contributed by atoms with van der Waals surface area (Å²) < 4.78 is 0. The molecule has 13 aromatic rings. The molecule has 13 rings (SSSR count). The van der Waals surface area contributed by atoms with Crippen LogP contribution in [0, 0.1) is 88.1 Å². The molecule has 8 heterocycles. The zero-order chi connectivity index (χ0) is 82.7. The van der Waals surface area contributed by atoms with Gasteiger partial charge in [-0.15, -0.1) is 45.4 Å². The first-order chi connectivity index (χ1) is 52.3. The summed E-state index contributed by atoms with van der Waals surface area (Å²) in [6.07, 6.45) is 27.1. The van der Waals surface area contributed by atoms with Crippen LogP contribution in [0.2, 0.25) is 0 Å². The summed E-state index contributed by atoms with van der Waals surface area (Å²) in [5.74, 6) is 0. The first-order valence-electron chi connectivity index (χ1n) is 37.7. The maximum Gasteiger partial charge on any atom is 0.0543 e. The van der Waals surface area contributed by atoms with E-state index in [-0.39, 0.29) is 229 Å². The second kappa shape index (κ2) is 114. The quantitative estimate of drug-likeness (QED) is 0.117. The molecular weight excluding hydrogens is 1950 g/mol. The van der Waals surface area contributed by atoms with Crippen LogP contribution in [0.4, 0.5) is 0 Å². The van der Waals surface area contributed by atoms with Crippen LogP contribution in [0.25, 0.3) is 108 Å². The number of thiophene rings is 2. The van der Waals surface area contributed by atoms with Crippen molar-refractivity contribution in [2.45, 2.75) is 194 Å². The van der Waals surface area contributed by atoms with Crippen molar-refractivity contribution in [3.8, 4) is 0 Å². The van der Waals surface area contributed by atoms with Crippen LogP contribution in [0.5, 0.6) is 0 Å². The Morgan fingerprint density at radius 1 is 0.292 bits per heavy atom. The van der Waals surface area contributed by atoms with Crippen molar-refractivity contribution in [1.82, 2.24) is 29.9 Å². The van der Waals surface area contributed by atoms with Gasteiger partial charge in [-0.3, -0.25) is 48.4 Å². The van der Waals surface area contributed by atoms with Gasteiger partial charge >= 0.3 is 0 Å². The minimum atomic E-state index is 0. The van der Waals surface area contributed by atoms with Gasteiger partial charge in [0.15, 0.2) is 0 Å². The number of para-hydroxylation sites is 1. The van der Waals surface area contributed by atoms with E-state index in [4.69, 9.17) is 46.1 Å². The van der Waals surface area contributed by atoms with E-state index in [9.17, 15) is 0 Å². The Bertz CT molecular complexity index is 3760. The van der Waals surface area contributed by atoms with Crippen molar-refractivity contribution in [3.63, 3.8) is 0 Å². The van der Waals surface area contributed by atoms with E-state index in [0.29, 0.717) is 0 Å². The second-order valence-electron chi connectivity index (χ2n) is 16.0. The van der Waals surface area contributed by atoms with Gasteiger partial charge in [-0.2, -0.15) is 23.6 Å². The van der Waals surface area contributed by atoms with E-state index < -0.39 is 0 Å². The third kappa shape index (κ3) is 66.3. The largest absolute Gasteiger partial charge is 0.372 e. The van der Waals surface area contributed by atoms with Crippen molar-refractivity contribution in [3.05, 3.63) is 308 Å². The number of benzene rings is 5. The van der Waals surface area contributed by atoms with Gasteiger partial charge < -0.3 is 137 Å². The summed E-state index contributed by atoms with van der Waals surface area (Å²) in [4.78, 5) is 25.9. The predicted molar refractivity (Wildman–Crippen MR) is 485 cm³/mol. The zero-order valence-electron chi connectivity index (χ0n) is 73.9. The van der Waals surface area contributed by atoms with Gasteiger partial charge in [0.05, 0.1) is 5.52 Å².